The number of hydrogen-bond donors (Lipinski definition) is 3. The van der Waals surface area contributed by atoms with Crippen molar-refractivity contribution in [3.63, 3.8) is 0 Å². The number of rotatable bonds is 7. The highest BCUT2D eigenvalue weighted by molar-refractivity contribution is 5.87. The number of amides is 2. The van der Waals surface area contributed by atoms with E-state index >= 15 is 0 Å². The third kappa shape index (κ3) is 4.71. The van der Waals surface area contributed by atoms with E-state index < -0.39 is 11.5 Å². The molecule has 0 heterocycles. The Kier molecular flexibility index (Phi) is 5.80. The van der Waals surface area contributed by atoms with E-state index in [4.69, 9.17) is 0 Å². The molecule has 0 aromatic heterocycles. The molecular formula is C16H26N2O4. The van der Waals surface area contributed by atoms with Gasteiger partial charge >= 0.3 is 5.97 Å². The molecule has 0 aromatic carbocycles. The third-order valence-corrected chi connectivity index (χ3v) is 4.57. The predicted molar refractivity (Wildman–Crippen MR) is 81.2 cm³/mol. The van der Waals surface area contributed by atoms with E-state index in [1.165, 1.54) is 0 Å². The maximum atomic E-state index is 12.0. The molecule has 2 saturated carbocycles. The minimum absolute atomic E-state index is 0.0752. The lowest BCUT2D eigenvalue weighted by molar-refractivity contribution is -0.148. The molecule has 0 atom stereocenters. The van der Waals surface area contributed by atoms with Gasteiger partial charge in [0, 0.05) is 18.9 Å². The maximum absolute atomic E-state index is 12.0. The molecule has 0 bridgehead atoms. The second-order valence-electron chi connectivity index (χ2n) is 6.52. The molecule has 0 saturated heterocycles. The molecule has 0 unspecified atom stereocenters. The Balaban J connectivity index is 1.73. The first-order valence-corrected chi connectivity index (χ1v) is 8.36. The standard InChI is InChI=1S/C16H26N2O4/c19-13(6-5-11-17-14(20)12-7-8-12)18-16(15(21)22)9-3-1-2-4-10-16/h12H,1-11H2,(H,17,20)(H,18,19)(H,21,22). The van der Waals surface area contributed by atoms with Crippen molar-refractivity contribution in [1.29, 1.82) is 0 Å². The van der Waals surface area contributed by atoms with Gasteiger partial charge in [-0.05, 0) is 32.1 Å². The summed E-state index contributed by atoms with van der Waals surface area (Å²) >= 11 is 0. The summed E-state index contributed by atoms with van der Waals surface area (Å²) in [5.41, 5.74) is -1.09. The molecule has 2 amide bonds. The smallest absolute Gasteiger partial charge is 0.329 e. The van der Waals surface area contributed by atoms with Crippen LogP contribution in [0.3, 0.4) is 0 Å². The zero-order valence-electron chi connectivity index (χ0n) is 13.0. The van der Waals surface area contributed by atoms with Crippen LogP contribution < -0.4 is 10.6 Å². The van der Waals surface area contributed by atoms with Crippen molar-refractivity contribution < 1.29 is 19.5 Å². The van der Waals surface area contributed by atoms with E-state index in [1.807, 2.05) is 0 Å². The van der Waals surface area contributed by atoms with Gasteiger partial charge in [0.15, 0.2) is 0 Å². The summed E-state index contributed by atoms with van der Waals surface area (Å²) in [6.07, 6.45) is 7.46. The van der Waals surface area contributed by atoms with Crippen LogP contribution in [-0.2, 0) is 14.4 Å². The maximum Gasteiger partial charge on any atom is 0.329 e. The number of hydrogen-bond acceptors (Lipinski definition) is 3. The Hall–Kier alpha value is -1.59. The van der Waals surface area contributed by atoms with Gasteiger partial charge in [0.25, 0.3) is 0 Å². The average Bonchev–Trinajstić information content (AvgIpc) is 3.30. The van der Waals surface area contributed by atoms with Gasteiger partial charge in [-0.15, -0.1) is 0 Å². The molecule has 2 rings (SSSR count). The molecule has 22 heavy (non-hydrogen) atoms. The Morgan fingerprint density at radius 1 is 1.05 bits per heavy atom. The normalized spacial score (nSPS) is 20.7. The first-order chi connectivity index (χ1) is 10.5. The van der Waals surface area contributed by atoms with Crippen LogP contribution in [0, 0.1) is 5.92 Å². The van der Waals surface area contributed by atoms with Gasteiger partial charge in [-0.25, -0.2) is 4.79 Å². The first kappa shape index (κ1) is 16.8. The van der Waals surface area contributed by atoms with E-state index in [0.29, 0.717) is 25.8 Å². The monoisotopic (exact) mass is 310 g/mol. The topological polar surface area (TPSA) is 95.5 Å². The molecule has 2 aliphatic rings. The zero-order chi connectivity index (χ0) is 16.0. The minimum Gasteiger partial charge on any atom is -0.480 e. The Morgan fingerprint density at radius 3 is 2.23 bits per heavy atom. The SMILES string of the molecule is O=C(CCCNC(=O)C1CC1)NC1(C(=O)O)CCCCCC1. The van der Waals surface area contributed by atoms with Crippen molar-refractivity contribution in [3.8, 4) is 0 Å². The van der Waals surface area contributed by atoms with Gasteiger partial charge in [-0.2, -0.15) is 0 Å². The Bertz CT molecular complexity index is 424. The number of aliphatic carboxylic acids is 1. The molecule has 6 nitrogen and oxygen atoms in total. The van der Waals surface area contributed by atoms with Crippen LogP contribution in [0.1, 0.15) is 64.2 Å². The lowest BCUT2D eigenvalue weighted by Crippen LogP contribution is -2.54. The van der Waals surface area contributed by atoms with Crippen LogP contribution in [0.25, 0.3) is 0 Å². The number of carbonyl (C=O) groups is 3. The predicted octanol–water partition coefficient (Wildman–Crippen LogP) is 1.59. The lowest BCUT2D eigenvalue weighted by Gasteiger charge is -2.29. The largest absolute Gasteiger partial charge is 0.480 e. The van der Waals surface area contributed by atoms with Crippen molar-refractivity contribution in [2.45, 2.75) is 69.7 Å². The number of nitrogens with one attached hydrogen (secondary N) is 2. The van der Waals surface area contributed by atoms with E-state index in [1.54, 1.807) is 0 Å². The second kappa shape index (κ2) is 7.61. The number of carboxylic acid groups (broad SMARTS) is 1. The fraction of sp³-hybridized carbons (Fsp3) is 0.812. The molecule has 0 radical (unpaired) electrons. The zero-order valence-corrected chi connectivity index (χ0v) is 13.0. The minimum atomic E-state index is -1.09. The summed E-state index contributed by atoms with van der Waals surface area (Å²) in [6.45, 7) is 0.475. The summed E-state index contributed by atoms with van der Waals surface area (Å²) in [7, 11) is 0. The summed E-state index contributed by atoms with van der Waals surface area (Å²) in [5, 5.41) is 15.1. The van der Waals surface area contributed by atoms with Crippen LogP contribution >= 0.6 is 0 Å². The van der Waals surface area contributed by atoms with Gasteiger partial charge in [0.2, 0.25) is 11.8 Å². The summed E-state index contributed by atoms with van der Waals surface area (Å²) in [6, 6.07) is 0. The number of carbonyl (C=O) groups excluding carboxylic acids is 2. The quantitative estimate of drug-likeness (QED) is 0.491. The molecule has 0 spiro atoms. The fourth-order valence-corrected chi connectivity index (χ4v) is 3.00. The highest BCUT2D eigenvalue weighted by Crippen LogP contribution is 2.29. The first-order valence-electron chi connectivity index (χ1n) is 8.36. The summed E-state index contributed by atoms with van der Waals surface area (Å²) in [5.74, 6) is -0.906. The molecular weight excluding hydrogens is 284 g/mol. The van der Waals surface area contributed by atoms with Crippen molar-refractivity contribution in [3.05, 3.63) is 0 Å². The van der Waals surface area contributed by atoms with Crippen molar-refractivity contribution in [1.82, 2.24) is 10.6 Å². The van der Waals surface area contributed by atoms with Crippen LogP contribution in [0.4, 0.5) is 0 Å². The fourth-order valence-electron chi connectivity index (χ4n) is 3.00. The highest BCUT2D eigenvalue weighted by Gasteiger charge is 2.39. The van der Waals surface area contributed by atoms with E-state index in [2.05, 4.69) is 10.6 Å². The van der Waals surface area contributed by atoms with E-state index in [0.717, 1.165) is 38.5 Å². The van der Waals surface area contributed by atoms with E-state index in [9.17, 15) is 19.5 Å². The molecule has 0 aliphatic heterocycles. The highest BCUT2D eigenvalue weighted by atomic mass is 16.4. The van der Waals surface area contributed by atoms with Crippen molar-refractivity contribution in [2.75, 3.05) is 6.54 Å². The average molecular weight is 310 g/mol. The molecule has 0 aromatic rings. The van der Waals surface area contributed by atoms with Gasteiger partial charge in [0.1, 0.15) is 5.54 Å². The van der Waals surface area contributed by atoms with Gasteiger partial charge in [-0.3, -0.25) is 9.59 Å². The van der Waals surface area contributed by atoms with Crippen LogP contribution in [0.5, 0.6) is 0 Å². The van der Waals surface area contributed by atoms with Crippen LogP contribution in [-0.4, -0.2) is 35.0 Å². The van der Waals surface area contributed by atoms with Gasteiger partial charge in [0.05, 0.1) is 0 Å². The molecule has 3 N–H and O–H groups in total. The van der Waals surface area contributed by atoms with Gasteiger partial charge < -0.3 is 15.7 Å². The van der Waals surface area contributed by atoms with Gasteiger partial charge in [-0.1, -0.05) is 25.7 Å². The number of carboxylic acids is 1. The lowest BCUT2D eigenvalue weighted by atomic mass is 9.90. The van der Waals surface area contributed by atoms with Crippen molar-refractivity contribution in [2.24, 2.45) is 5.92 Å². The Labute approximate surface area is 131 Å². The van der Waals surface area contributed by atoms with Crippen LogP contribution in [0.15, 0.2) is 0 Å². The van der Waals surface area contributed by atoms with Crippen LogP contribution in [0.2, 0.25) is 0 Å². The molecule has 6 heteroatoms. The summed E-state index contributed by atoms with van der Waals surface area (Å²) < 4.78 is 0. The van der Waals surface area contributed by atoms with Crippen molar-refractivity contribution >= 4 is 17.8 Å². The molecule has 2 aliphatic carbocycles. The molecule has 2 fully saturated rings. The summed E-state index contributed by atoms with van der Waals surface area (Å²) in [4.78, 5) is 35.1. The Morgan fingerprint density at radius 2 is 1.68 bits per heavy atom. The van der Waals surface area contributed by atoms with E-state index in [-0.39, 0.29) is 24.2 Å². The third-order valence-electron chi connectivity index (χ3n) is 4.57. The molecule has 124 valence electrons. The second-order valence-corrected chi connectivity index (χ2v) is 6.52.